The van der Waals surface area contributed by atoms with Crippen molar-refractivity contribution in [2.24, 2.45) is 0 Å². The standard InChI is InChI=1S/C8H9BO4/c10-9(11)8-5-12-6-3-1-2-4-7(6)13-8/h1-4,8,10-11H,5H2/t8-/m1/s1. The molecule has 1 heterocycles. The zero-order valence-electron chi connectivity index (χ0n) is 6.88. The Bertz CT molecular complexity index is 302. The topological polar surface area (TPSA) is 58.9 Å². The number of rotatable bonds is 1. The third-order valence-corrected chi connectivity index (χ3v) is 1.86. The molecule has 5 heteroatoms. The van der Waals surface area contributed by atoms with Gasteiger partial charge in [0.05, 0.1) is 0 Å². The van der Waals surface area contributed by atoms with Gasteiger partial charge in [0.25, 0.3) is 0 Å². The highest BCUT2D eigenvalue weighted by Crippen LogP contribution is 2.30. The number of hydrogen-bond donors (Lipinski definition) is 2. The molecule has 0 aliphatic carbocycles. The lowest BCUT2D eigenvalue weighted by molar-refractivity contribution is 0.115. The predicted molar refractivity (Wildman–Crippen MR) is 46.5 cm³/mol. The fourth-order valence-electron chi connectivity index (χ4n) is 1.18. The zero-order valence-corrected chi connectivity index (χ0v) is 6.88. The molecule has 1 aliphatic heterocycles. The van der Waals surface area contributed by atoms with Crippen LogP contribution in [0.4, 0.5) is 0 Å². The fraction of sp³-hybridized carbons (Fsp3) is 0.250. The molecule has 1 atom stereocenters. The molecule has 2 N–H and O–H groups in total. The molecule has 13 heavy (non-hydrogen) atoms. The summed E-state index contributed by atoms with van der Waals surface area (Å²) in [6, 6.07) is 6.43. The van der Waals surface area contributed by atoms with Crippen molar-refractivity contribution in [3.63, 3.8) is 0 Å². The maximum Gasteiger partial charge on any atom is 0.499 e. The highest BCUT2D eigenvalue weighted by atomic mass is 16.6. The lowest BCUT2D eigenvalue weighted by Crippen LogP contribution is -2.43. The lowest BCUT2D eigenvalue weighted by Gasteiger charge is -2.25. The summed E-state index contributed by atoms with van der Waals surface area (Å²) in [7, 11) is -1.51. The first kappa shape index (κ1) is 8.41. The van der Waals surface area contributed by atoms with Crippen molar-refractivity contribution in [1.82, 2.24) is 0 Å². The summed E-state index contributed by atoms with van der Waals surface area (Å²) in [6.45, 7) is 0.161. The van der Waals surface area contributed by atoms with Crippen molar-refractivity contribution in [2.45, 2.75) is 6.00 Å². The van der Waals surface area contributed by atoms with Crippen LogP contribution in [-0.2, 0) is 0 Å². The van der Waals surface area contributed by atoms with Crippen molar-refractivity contribution in [2.75, 3.05) is 6.61 Å². The minimum Gasteiger partial charge on any atom is -0.486 e. The second-order valence-electron chi connectivity index (χ2n) is 2.83. The summed E-state index contributed by atoms with van der Waals surface area (Å²) in [5, 5.41) is 17.7. The zero-order chi connectivity index (χ0) is 9.26. The maximum atomic E-state index is 8.85. The molecule has 0 unspecified atom stereocenters. The van der Waals surface area contributed by atoms with Gasteiger partial charge in [-0.1, -0.05) is 12.1 Å². The van der Waals surface area contributed by atoms with Crippen molar-refractivity contribution < 1.29 is 19.5 Å². The van der Waals surface area contributed by atoms with Gasteiger partial charge >= 0.3 is 7.12 Å². The van der Waals surface area contributed by atoms with Crippen molar-refractivity contribution >= 4 is 7.12 Å². The van der Waals surface area contributed by atoms with Gasteiger partial charge in [0.1, 0.15) is 6.61 Å². The Labute approximate surface area is 75.9 Å². The van der Waals surface area contributed by atoms with Crippen LogP contribution in [0.25, 0.3) is 0 Å². The first-order valence-electron chi connectivity index (χ1n) is 4.02. The molecule has 0 radical (unpaired) electrons. The van der Waals surface area contributed by atoms with Crippen LogP contribution in [0.5, 0.6) is 11.5 Å². The van der Waals surface area contributed by atoms with Crippen molar-refractivity contribution in [3.8, 4) is 11.5 Å². The van der Waals surface area contributed by atoms with Gasteiger partial charge in [-0.25, -0.2) is 0 Å². The number of para-hydroxylation sites is 2. The van der Waals surface area contributed by atoms with Crippen LogP contribution in [0.1, 0.15) is 0 Å². The average molecular weight is 180 g/mol. The van der Waals surface area contributed by atoms with Crippen LogP contribution < -0.4 is 9.47 Å². The van der Waals surface area contributed by atoms with E-state index < -0.39 is 13.1 Å². The first-order valence-corrected chi connectivity index (χ1v) is 4.02. The number of ether oxygens (including phenoxy) is 2. The van der Waals surface area contributed by atoms with Crippen LogP contribution in [0.3, 0.4) is 0 Å². The number of hydrogen-bond acceptors (Lipinski definition) is 4. The van der Waals surface area contributed by atoms with Crippen LogP contribution in [0, 0.1) is 0 Å². The molecule has 68 valence electrons. The second kappa shape index (κ2) is 3.28. The van der Waals surface area contributed by atoms with Crippen molar-refractivity contribution in [1.29, 1.82) is 0 Å². The molecule has 1 aromatic rings. The van der Waals surface area contributed by atoms with Gasteiger partial charge in [-0.2, -0.15) is 0 Å². The van der Waals surface area contributed by atoms with Crippen LogP contribution in [0.2, 0.25) is 0 Å². The summed E-state index contributed by atoms with van der Waals surface area (Å²) in [4.78, 5) is 0. The smallest absolute Gasteiger partial charge is 0.486 e. The Morgan fingerprint density at radius 2 is 1.92 bits per heavy atom. The van der Waals surface area contributed by atoms with E-state index in [-0.39, 0.29) is 6.61 Å². The van der Waals surface area contributed by atoms with Gasteiger partial charge in [0.2, 0.25) is 0 Å². The van der Waals surface area contributed by atoms with Gasteiger partial charge in [-0.15, -0.1) is 0 Å². The number of fused-ring (bicyclic) bond motifs is 1. The molecule has 0 bridgehead atoms. The van der Waals surface area contributed by atoms with E-state index in [0.717, 1.165) is 0 Å². The monoisotopic (exact) mass is 180 g/mol. The molecule has 1 aromatic carbocycles. The summed E-state index contributed by atoms with van der Waals surface area (Å²) < 4.78 is 10.5. The summed E-state index contributed by atoms with van der Waals surface area (Å²) >= 11 is 0. The minimum absolute atomic E-state index is 0.161. The Morgan fingerprint density at radius 1 is 1.23 bits per heavy atom. The highest BCUT2D eigenvalue weighted by Gasteiger charge is 2.30. The highest BCUT2D eigenvalue weighted by molar-refractivity contribution is 6.43. The van der Waals surface area contributed by atoms with E-state index in [1.165, 1.54) is 0 Å². The minimum atomic E-state index is -1.51. The van der Waals surface area contributed by atoms with Crippen LogP contribution in [-0.4, -0.2) is 29.8 Å². The molecule has 0 amide bonds. The summed E-state index contributed by atoms with van der Waals surface area (Å²) in [6.07, 6.45) is 0. The Balaban J connectivity index is 2.20. The lowest BCUT2D eigenvalue weighted by atomic mass is 9.82. The third kappa shape index (κ3) is 1.61. The van der Waals surface area contributed by atoms with Crippen LogP contribution >= 0.6 is 0 Å². The molecular formula is C8H9BO4. The largest absolute Gasteiger partial charge is 0.499 e. The van der Waals surface area contributed by atoms with Crippen molar-refractivity contribution in [3.05, 3.63) is 24.3 Å². The molecular weight excluding hydrogens is 171 g/mol. The van der Waals surface area contributed by atoms with Gasteiger partial charge < -0.3 is 19.5 Å². The molecule has 0 saturated heterocycles. The van der Waals surface area contributed by atoms with Crippen LogP contribution in [0.15, 0.2) is 24.3 Å². The van der Waals surface area contributed by atoms with E-state index in [9.17, 15) is 0 Å². The van der Waals surface area contributed by atoms with Gasteiger partial charge in [0, 0.05) is 0 Å². The predicted octanol–water partition coefficient (Wildman–Crippen LogP) is -0.162. The molecule has 0 spiro atoms. The van der Waals surface area contributed by atoms with Gasteiger partial charge in [-0.3, -0.25) is 0 Å². The normalized spacial score (nSPS) is 19.7. The van der Waals surface area contributed by atoms with E-state index in [0.29, 0.717) is 11.5 Å². The second-order valence-corrected chi connectivity index (χ2v) is 2.83. The SMILES string of the molecule is OB(O)[C@H]1COc2ccccc2O1. The summed E-state index contributed by atoms with van der Waals surface area (Å²) in [5.74, 6) is 1.19. The molecule has 1 aliphatic rings. The molecule has 0 saturated carbocycles. The van der Waals surface area contributed by atoms with E-state index in [4.69, 9.17) is 19.5 Å². The van der Waals surface area contributed by atoms with Gasteiger partial charge in [-0.05, 0) is 12.1 Å². The Morgan fingerprint density at radius 3 is 2.62 bits per heavy atom. The van der Waals surface area contributed by atoms with E-state index in [1.807, 2.05) is 6.07 Å². The third-order valence-electron chi connectivity index (χ3n) is 1.86. The fourth-order valence-corrected chi connectivity index (χ4v) is 1.18. The molecule has 0 fully saturated rings. The maximum absolute atomic E-state index is 8.85. The van der Waals surface area contributed by atoms with Gasteiger partial charge in [0.15, 0.2) is 17.5 Å². The average Bonchev–Trinajstić information content (AvgIpc) is 2.17. The quantitative estimate of drug-likeness (QED) is 0.589. The molecule has 4 nitrogen and oxygen atoms in total. The molecule has 2 rings (SSSR count). The van der Waals surface area contributed by atoms with E-state index >= 15 is 0 Å². The first-order chi connectivity index (χ1) is 6.27. The Hall–Kier alpha value is -1.20. The summed E-state index contributed by atoms with van der Waals surface area (Å²) in [5.41, 5.74) is 0. The van der Waals surface area contributed by atoms with E-state index in [2.05, 4.69) is 0 Å². The molecule has 0 aromatic heterocycles. The number of benzene rings is 1. The Kier molecular flexibility index (Phi) is 2.12. The van der Waals surface area contributed by atoms with E-state index in [1.54, 1.807) is 18.2 Å².